The standard InChI is InChI=1S/C10H18O/c1-5-7-8-10(6-2)9(3)11-4/h7-8H,5-6H2,1-4H3/b8-7-,10-9+. The summed E-state index contributed by atoms with van der Waals surface area (Å²) in [5.74, 6) is 1.03. The Morgan fingerprint density at radius 1 is 1.36 bits per heavy atom. The molecule has 0 saturated carbocycles. The van der Waals surface area contributed by atoms with Gasteiger partial charge in [-0.3, -0.25) is 0 Å². The fourth-order valence-corrected chi connectivity index (χ4v) is 0.875. The van der Waals surface area contributed by atoms with Crippen LogP contribution in [-0.4, -0.2) is 7.11 Å². The predicted molar refractivity (Wildman–Crippen MR) is 49.4 cm³/mol. The first kappa shape index (κ1) is 10.3. The zero-order valence-corrected chi connectivity index (χ0v) is 7.98. The lowest BCUT2D eigenvalue weighted by Gasteiger charge is -2.03. The number of rotatable bonds is 4. The van der Waals surface area contributed by atoms with E-state index in [0.717, 1.165) is 18.6 Å². The van der Waals surface area contributed by atoms with Gasteiger partial charge in [-0.25, -0.2) is 0 Å². The molecule has 0 aliphatic heterocycles. The quantitative estimate of drug-likeness (QED) is 0.446. The summed E-state index contributed by atoms with van der Waals surface area (Å²) < 4.78 is 5.13. The van der Waals surface area contributed by atoms with Gasteiger partial charge in [0.15, 0.2) is 0 Å². The fraction of sp³-hybridized carbons (Fsp3) is 0.600. The van der Waals surface area contributed by atoms with E-state index in [0.29, 0.717) is 0 Å². The third-order valence-corrected chi connectivity index (χ3v) is 1.69. The molecule has 11 heavy (non-hydrogen) atoms. The third-order valence-electron chi connectivity index (χ3n) is 1.69. The van der Waals surface area contributed by atoms with Crippen LogP contribution >= 0.6 is 0 Å². The number of methoxy groups -OCH3 is 1. The molecule has 0 fully saturated rings. The summed E-state index contributed by atoms with van der Waals surface area (Å²) in [7, 11) is 1.71. The Hall–Kier alpha value is -0.720. The van der Waals surface area contributed by atoms with Crippen molar-refractivity contribution < 1.29 is 4.74 Å². The SMILES string of the molecule is CC/C=C\C(CC)=C(/C)OC. The molecule has 0 unspecified atom stereocenters. The second-order valence-electron chi connectivity index (χ2n) is 2.45. The van der Waals surface area contributed by atoms with E-state index in [1.54, 1.807) is 7.11 Å². The molecule has 0 saturated heterocycles. The lowest BCUT2D eigenvalue weighted by molar-refractivity contribution is 0.289. The Morgan fingerprint density at radius 3 is 2.36 bits per heavy atom. The minimum Gasteiger partial charge on any atom is -0.501 e. The van der Waals surface area contributed by atoms with Crippen molar-refractivity contribution in [1.82, 2.24) is 0 Å². The smallest absolute Gasteiger partial charge is 0.0956 e. The van der Waals surface area contributed by atoms with Gasteiger partial charge in [0.2, 0.25) is 0 Å². The van der Waals surface area contributed by atoms with Gasteiger partial charge in [0.05, 0.1) is 12.9 Å². The summed E-state index contributed by atoms with van der Waals surface area (Å²) in [5, 5.41) is 0. The van der Waals surface area contributed by atoms with E-state index in [1.807, 2.05) is 6.92 Å². The maximum atomic E-state index is 5.13. The van der Waals surface area contributed by atoms with E-state index < -0.39 is 0 Å². The Morgan fingerprint density at radius 2 is 2.00 bits per heavy atom. The van der Waals surface area contributed by atoms with Crippen LogP contribution in [0, 0.1) is 0 Å². The fourth-order valence-electron chi connectivity index (χ4n) is 0.875. The van der Waals surface area contributed by atoms with Gasteiger partial charge in [-0.05, 0) is 25.3 Å². The molecule has 1 heteroatoms. The monoisotopic (exact) mass is 154 g/mol. The Kier molecular flexibility index (Phi) is 5.63. The first-order chi connectivity index (χ1) is 5.26. The second-order valence-corrected chi connectivity index (χ2v) is 2.45. The topological polar surface area (TPSA) is 9.23 Å². The largest absolute Gasteiger partial charge is 0.501 e. The molecule has 0 aromatic heterocycles. The molecule has 0 aromatic carbocycles. The van der Waals surface area contributed by atoms with Gasteiger partial charge in [0.25, 0.3) is 0 Å². The highest BCUT2D eigenvalue weighted by Crippen LogP contribution is 2.10. The van der Waals surface area contributed by atoms with Crippen LogP contribution in [0.2, 0.25) is 0 Å². The lowest BCUT2D eigenvalue weighted by atomic mass is 10.1. The minimum absolute atomic E-state index is 1.03. The van der Waals surface area contributed by atoms with E-state index in [4.69, 9.17) is 4.74 Å². The van der Waals surface area contributed by atoms with Gasteiger partial charge in [0, 0.05) is 0 Å². The van der Waals surface area contributed by atoms with Crippen molar-refractivity contribution >= 4 is 0 Å². The molecule has 64 valence electrons. The molecule has 1 nitrogen and oxygen atoms in total. The summed E-state index contributed by atoms with van der Waals surface area (Å²) in [5.41, 5.74) is 1.29. The molecule has 0 aliphatic rings. The van der Waals surface area contributed by atoms with Crippen molar-refractivity contribution in [3.8, 4) is 0 Å². The van der Waals surface area contributed by atoms with Crippen LogP contribution in [0.15, 0.2) is 23.5 Å². The molecule has 0 bridgehead atoms. The molecule has 0 spiro atoms. The van der Waals surface area contributed by atoms with Crippen LogP contribution in [0.5, 0.6) is 0 Å². The van der Waals surface area contributed by atoms with Crippen LogP contribution in [0.3, 0.4) is 0 Å². The average molecular weight is 154 g/mol. The van der Waals surface area contributed by atoms with Crippen molar-refractivity contribution in [2.45, 2.75) is 33.6 Å². The molecule has 0 rings (SSSR count). The van der Waals surface area contributed by atoms with Gasteiger partial charge in [0.1, 0.15) is 0 Å². The molecule has 0 aromatic rings. The van der Waals surface area contributed by atoms with Crippen LogP contribution in [0.25, 0.3) is 0 Å². The second kappa shape index (κ2) is 6.02. The lowest BCUT2D eigenvalue weighted by Crippen LogP contribution is -1.86. The van der Waals surface area contributed by atoms with Crippen molar-refractivity contribution in [1.29, 1.82) is 0 Å². The summed E-state index contributed by atoms with van der Waals surface area (Å²) >= 11 is 0. The molecule has 0 amide bonds. The van der Waals surface area contributed by atoms with Gasteiger partial charge in [-0.2, -0.15) is 0 Å². The highest BCUT2D eigenvalue weighted by Gasteiger charge is 1.94. The summed E-state index contributed by atoms with van der Waals surface area (Å²) in [4.78, 5) is 0. The predicted octanol–water partition coefficient (Wildman–Crippen LogP) is 3.28. The van der Waals surface area contributed by atoms with E-state index in [1.165, 1.54) is 5.57 Å². The highest BCUT2D eigenvalue weighted by atomic mass is 16.5. The van der Waals surface area contributed by atoms with Crippen molar-refractivity contribution in [3.05, 3.63) is 23.5 Å². The van der Waals surface area contributed by atoms with Crippen LogP contribution in [0.4, 0.5) is 0 Å². The molecular weight excluding hydrogens is 136 g/mol. The normalized spacial score (nSPS) is 13.5. The number of hydrogen-bond acceptors (Lipinski definition) is 1. The number of allylic oxidation sites excluding steroid dienone is 4. The summed E-state index contributed by atoms with van der Waals surface area (Å²) in [6.07, 6.45) is 6.41. The molecule has 0 radical (unpaired) electrons. The molecular formula is C10H18O. The third kappa shape index (κ3) is 3.87. The van der Waals surface area contributed by atoms with E-state index >= 15 is 0 Å². The zero-order chi connectivity index (χ0) is 8.69. The summed E-state index contributed by atoms with van der Waals surface area (Å²) in [6.45, 7) is 6.27. The van der Waals surface area contributed by atoms with Gasteiger partial charge in [-0.1, -0.05) is 26.0 Å². The average Bonchev–Trinajstić information content (AvgIpc) is 2.05. The first-order valence-electron chi connectivity index (χ1n) is 4.16. The number of ether oxygens (including phenoxy) is 1. The van der Waals surface area contributed by atoms with E-state index in [2.05, 4.69) is 26.0 Å². The molecule has 0 atom stereocenters. The van der Waals surface area contributed by atoms with Gasteiger partial charge in [-0.15, -0.1) is 0 Å². The van der Waals surface area contributed by atoms with Crippen LogP contribution in [0.1, 0.15) is 33.6 Å². The van der Waals surface area contributed by atoms with Gasteiger partial charge >= 0.3 is 0 Å². The highest BCUT2D eigenvalue weighted by molar-refractivity contribution is 5.20. The molecule has 0 aliphatic carbocycles. The van der Waals surface area contributed by atoms with Crippen LogP contribution in [-0.2, 0) is 4.74 Å². The van der Waals surface area contributed by atoms with Crippen molar-refractivity contribution in [2.24, 2.45) is 0 Å². The first-order valence-corrected chi connectivity index (χ1v) is 4.16. The Labute approximate surface area is 69.8 Å². The minimum atomic E-state index is 1.03. The van der Waals surface area contributed by atoms with E-state index in [-0.39, 0.29) is 0 Å². The van der Waals surface area contributed by atoms with Crippen LogP contribution < -0.4 is 0 Å². The Balaban J connectivity index is 4.26. The summed E-state index contributed by atoms with van der Waals surface area (Å²) in [6, 6.07) is 0. The zero-order valence-electron chi connectivity index (χ0n) is 7.98. The molecule has 0 heterocycles. The van der Waals surface area contributed by atoms with Crippen molar-refractivity contribution in [2.75, 3.05) is 7.11 Å². The number of hydrogen-bond donors (Lipinski definition) is 0. The van der Waals surface area contributed by atoms with E-state index in [9.17, 15) is 0 Å². The maximum Gasteiger partial charge on any atom is 0.0956 e. The molecule has 0 N–H and O–H groups in total. The van der Waals surface area contributed by atoms with Crippen molar-refractivity contribution in [3.63, 3.8) is 0 Å². The van der Waals surface area contributed by atoms with Gasteiger partial charge < -0.3 is 4.74 Å². The Bertz CT molecular complexity index is 154. The maximum absolute atomic E-state index is 5.13.